The van der Waals surface area contributed by atoms with Crippen molar-refractivity contribution in [2.75, 3.05) is 13.2 Å². The van der Waals surface area contributed by atoms with E-state index in [-0.39, 0.29) is 0 Å². The number of rotatable bonds is 5. The Labute approximate surface area is 155 Å². The second kappa shape index (κ2) is 7.50. The van der Waals surface area contributed by atoms with Gasteiger partial charge in [-0.2, -0.15) is 0 Å². The SMILES string of the molecule is Cc1ccc(CC(C)(C)C(=O)O)cc1CN1CCOc2ccccc2C1. The van der Waals surface area contributed by atoms with Gasteiger partial charge in [0.15, 0.2) is 0 Å². The van der Waals surface area contributed by atoms with E-state index in [1.165, 1.54) is 16.7 Å². The number of fused-ring (bicyclic) bond motifs is 1. The van der Waals surface area contributed by atoms with Crippen LogP contribution in [0.25, 0.3) is 0 Å². The highest BCUT2D eigenvalue weighted by Gasteiger charge is 2.27. The molecule has 0 spiro atoms. The number of carboxylic acid groups (broad SMARTS) is 1. The van der Waals surface area contributed by atoms with Gasteiger partial charge in [0.05, 0.1) is 5.41 Å². The fourth-order valence-corrected chi connectivity index (χ4v) is 3.35. The fourth-order valence-electron chi connectivity index (χ4n) is 3.35. The van der Waals surface area contributed by atoms with Gasteiger partial charge in [0, 0.05) is 25.2 Å². The van der Waals surface area contributed by atoms with Gasteiger partial charge in [-0.15, -0.1) is 0 Å². The lowest BCUT2D eigenvalue weighted by molar-refractivity contribution is -0.146. The highest BCUT2D eigenvalue weighted by molar-refractivity contribution is 5.74. The number of carbonyl (C=O) groups is 1. The molecule has 0 aliphatic carbocycles. The van der Waals surface area contributed by atoms with Gasteiger partial charge >= 0.3 is 5.97 Å². The number of para-hydroxylation sites is 1. The zero-order chi connectivity index (χ0) is 18.7. The van der Waals surface area contributed by atoms with Gasteiger partial charge in [0.25, 0.3) is 0 Å². The molecule has 0 saturated carbocycles. The van der Waals surface area contributed by atoms with E-state index >= 15 is 0 Å². The number of nitrogens with zero attached hydrogens (tertiary/aromatic N) is 1. The molecule has 0 bridgehead atoms. The largest absolute Gasteiger partial charge is 0.492 e. The van der Waals surface area contributed by atoms with Crippen molar-refractivity contribution >= 4 is 5.97 Å². The highest BCUT2D eigenvalue weighted by Crippen LogP contribution is 2.26. The molecular formula is C22H27NO3. The summed E-state index contributed by atoms with van der Waals surface area (Å²) in [6.45, 7) is 8.92. The van der Waals surface area contributed by atoms with Gasteiger partial charge < -0.3 is 9.84 Å². The Morgan fingerprint density at radius 2 is 2.00 bits per heavy atom. The minimum atomic E-state index is -0.763. The zero-order valence-electron chi connectivity index (χ0n) is 15.8. The Morgan fingerprint density at radius 1 is 1.23 bits per heavy atom. The number of hydrogen-bond donors (Lipinski definition) is 1. The molecule has 0 atom stereocenters. The van der Waals surface area contributed by atoms with Crippen LogP contribution in [0.5, 0.6) is 5.75 Å². The zero-order valence-corrected chi connectivity index (χ0v) is 15.8. The van der Waals surface area contributed by atoms with Gasteiger partial charge in [-0.1, -0.05) is 36.4 Å². The quantitative estimate of drug-likeness (QED) is 0.881. The average molecular weight is 353 g/mol. The Balaban J connectivity index is 1.77. The van der Waals surface area contributed by atoms with Crippen molar-refractivity contribution in [3.8, 4) is 5.75 Å². The number of benzene rings is 2. The molecule has 138 valence electrons. The van der Waals surface area contributed by atoms with Gasteiger partial charge in [0.1, 0.15) is 12.4 Å². The van der Waals surface area contributed by atoms with Crippen LogP contribution in [0.15, 0.2) is 42.5 Å². The molecule has 0 fully saturated rings. The monoisotopic (exact) mass is 353 g/mol. The fraction of sp³-hybridized carbons (Fsp3) is 0.409. The van der Waals surface area contributed by atoms with E-state index < -0.39 is 11.4 Å². The molecule has 1 heterocycles. The first-order valence-corrected chi connectivity index (χ1v) is 9.10. The summed E-state index contributed by atoms with van der Waals surface area (Å²) in [4.78, 5) is 13.8. The lowest BCUT2D eigenvalue weighted by Crippen LogP contribution is -2.27. The topological polar surface area (TPSA) is 49.8 Å². The van der Waals surface area contributed by atoms with Crippen molar-refractivity contribution in [3.63, 3.8) is 0 Å². The van der Waals surface area contributed by atoms with Crippen LogP contribution in [-0.2, 0) is 24.3 Å². The van der Waals surface area contributed by atoms with Crippen molar-refractivity contribution < 1.29 is 14.6 Å². The summed E-state index contributed by atoms with van der Waals surface area (Å²) in [6, 6.07) is 14.5. The minimum absolute atomic E-state index is 0.529. The summed E-state index contributed by atoms with van der Waals surface area (Å²) < 4.78 is 5.86. The first-order valence-electron chi connectivity index (χ1n) is 9.10. The Hall–Kier alpha value is -2.33. The maximum Gasteiger partial charge on any atom is 0.309 e. The van der Waals surface area contributed by atoms with Crippen LogP contribution < -0.4 is 4.74 Å². The minimum Gasteiger partial charge on any atom is -0.492 e. The first-order chi connectivity index (χ1) is 12.3. The second-order valence-corrected chi connectivity index (χ2v) is 7.79. The molecule has 2 aromatic carbocycles. The number of aliphatic carboxylic acids is 1. The predicted molar refractivity (Wildman–Crippen MR) is 102 cm³/mol. The van der Waals surface area contributed by atoms with E-state index in [9.17, 15) is 9.90 Å². The molecule has 0 amide bonds. The first kappa shape index (κ1) is 18.5. The molecule has 26 heavy (non-hydrogen) atoms. The molecule has 0 aromatic heterocycles. The molecule has 0 radical (unpaired) electrons. The van der Waals surface area contributed by atoms with Crippen LogP contribution in [0.4, 0.5) is 0 Å². The summed E-state index contributed by atoms with van der Waals surface area (Å²) in [5.41, 5.74) is 4.01. The Morgan fingerprint density at radius 3 is 2.77 bits per heavy atom. The van der Waals surface area contributed by atoms with Gasteiger partial charge in [0.2, 0.25) is 0 Å². The van der Waals surface area contributed by atoms with Crippen LogP contribution in [-0.4, -0.2) is 29.1 Å². The summed E-state index contributed by atoms with van der Waals surface area (Å²) in [5.74, 6) is 0.213. The van der Waals surface area contributed by atoms with E-state index in [0.29, 0.717) is 13.0 Å². The van der Waals surface area contributed by atoms with Crippen LogP contribution in [0.2, 0.25) is 0 Å². The lowest BCUT2D eigenvalue weighted by Gasteiger charge is -2.23. The van der Waals surface area contributed by atoms with E-state index in [0.717, 1.165) is 30.9 Å². The van der Waals surface area contributed by atoms with Crippen molar-refractivity contribution in [1.29, 1.82) is 0 Å². The molecule has 0 saturated heterocycles. The molecule has 4 heteroatoms. The summed E-state index contributed by atoms with van der Waals surface area (Å²) in [7, 11) is 0. The highest BCUT2D eigenvalue weighted by atomic mass is 16.5. The molecule has 1 N–H and O–H groups in total. The number of carboxylic acids is 1. The van der Waals surface area contributed by atoms with E-state index in [4.69, 9.17) is 4.74 Å². The molecule has 2 aromatic rings. The second-order valence-electron chi connectivity index (χ2n) is 7.79. The number of hydrogen-bond acceptors (Lipinski definition) is 3. The third-order valence-corrected chi connectivity index (χ3v) is 5.06. The van der Waals surface area contributed by atoms with Crippen LogP contribution in [0.1, 0.15) is 36.1 Å². The molecule has 4 nitrogen and oxygen atoms in total. The predicted octanol–water partition coefficient (Wildman–Crippen LogP) is 4.04. The molecule has 1 aliphatic heterocycles. The van der Waals surface area contributed by atoms with Crippen molar-refractivity contribution in [2.24, 2.45) is 5.41 Å². The van der Waals surface area contributed by atoms with Gasteiger partial charge in [-0.25, -0.2) is 0 Å². The maximum absolute atomic E-state index is 11.4. The lowest BCUT2D eigenvalue weighted by atomic mass is 9.85. The van der Waals surface area contributed by atoms with Crippen LogP contribution in [0, 0.1) is 12.3 Å². The van der Waals surface area contributed by atoms with Gasteiger partial charge in [-0.3, -0.25) is 9.69 Å². The normalized spacial score (nSPS) is 15.0. The Bertz CT molecular complexity index is 798. The number of aryl methyl sites for hydroxylation is 1. The summed E-state index contributed by atoms with van der Waals surface area (Å²) >= 11 is 0. The van der Waals surface area contributed by atoms with E-state index in [1.807, 2.05) is 24.3 Å². The standard InChI is InChI=1S/C22H27NO3/c1-16-8-9-17(13-22(2,3)21(24)25)12-19(16)15-23-10-11-26-20-7-5-4-6-18(20)14-23/h4-9,12H,10-11,13-15H2,1-3H3,(H,24,25). The smallest absolute Gasteiger partial charge is 0.309 e. The van der Waals surface area contributed by atoms with Gasteiger partial charge in [-0.05, 0) is 49.9 Å². The third kappa shape index (κ3) is 4.25. The number of ether oxygens (including phenoxy) is 1. The van der Waals surface area contributed by atoms with Crippen LogP contribution in [0.3, 0.4) is 0 Å². The van der Waals surface area contributed by atoms with Crippen LogP contribution >= 0.6 is 0 Å². The Kier molecular flexibility index (Phi) is 5.33. The summed E-state index contributed by atoms with van der Waals surface area (Å²) in [5, 5.41) is 9.39. The average Bonchev–Trinajstić information content (AvgIpc) is 2.79. The summed E-state index contributed by atoms with van der Waals surface area (Å²) in [6.07, 6.45) is 0.529. The van der Waals surface area contributed by atoms with E-state index in [1.54, 1.807) is 13.8 Å². The van der Waals surface area contributed by atoms with Crippen molar-refractivity contribution in [3.05, 3.63) is 64.7 Å². The van der Waals surface area contributed by atoms with Crippen molar-refractivity contribution in [1.82, 2.24) is 4.90 Å². The van der Waals surface area contributed by atoms with Crippen molar-refractivity contribution in [2.45, 2.75) is 40.3 Å². The van der Waals surface area contributed by atoms with E-state index in [2.05, 4.69) is 30.0 Å². The molecule has 1 aliphatic rings. The maximum atomic E-state index is 11.4. The molecule has 3 rings (SSSR count). The third-order valence-electron chi connectivity index (χ3n) is 5.06. The molecule has 0 unspecified atom stereocenters. The molecular weight excluding hydrogens is 326 g/mol.